The van der Waals surface area contributed by atoms with E-state index in [0.717, 1.165) is 24.8 Å². The molecule has 3 aromatic carbocycles. The van der Waals surface area contributed by atoms with E-state index in [1.165, 1.54) is 22.3 Å². The van der Waals surface area contributed by atoms with Gasteiger partial charge in [-0.15, -0.1) is 0 Å². The van der Waals surface area contributed by atoms with Crippen LogP contribution in [-0.2, 0) is 22.9 Å². The first-order chi connectivity index (χ1) is 15.4. The molecule has 1 fully saturated rings. The predicted octanol–water partition coefficient (Wildman–Crippen LogP) is 4.34. The number of sulfonamides is 1. The molecular formula is C27H29NO3S. The summed E-state index contributed by atoms with van der Waals surface area (Å²) in [4.78, 5) is 0.240. The van der Waals surface area contributed by atoms with Crippen molar-refractivity contribution in [1.29, 1.82) is 0 Å². The van der Waals surface area contributed by atoms with Gasteiger partial charge in [0, 0.05) is 12.0 Å². The fraction of sp³-hybridized carbons (Fsp3) is 0.333. The average Bonchev–Trinajstić information content (AvgIpc) is 3.04. The first-order valence-electron chi connectivity index (χ1n) is 11.4. The molecule has 5 rings (SSSR count). The van der Waals surface area contributed by atoms with Crippen LogP contribution in [0, 0.1) is 12.8 Å². The number of aryl methyl sites for hydroxylation is 3. The average molecular weight is 448 g/mol. The Bertz CT molecular complexity index is 1170. The number of hydrogen-bond donors (Lipinski definition) is 2. The molecule has 4 nitrogen and oxygen atoms in total. The van der Waals surface area contributed by atoms with Crippen LogP contribution < -0.4 is 4.72 Å². The molecule has 0 radical (unpaired) electrons. The number of rotatable bonds is 4. The predicted molar refractivity (Wildman–Crippen MR) is 126 cm³/mol. The third-order valence-corrected chi connectivity index (χ3v) is 8.68. The number of hydrogen-bond acceptors (Lipinski definition) is 3. The van der Waals surface area contributed by atoms with Crippen molar-refractivity contribution < 1.29 is 13.5 Å². The number of aliphatic hydroxyl groups is 1. The van der Waals surface area contributed by atoms with E-state index >= 15 is 0 Å². The topological polar surface area (TPSA) is 66.4 Å². The lowest BCUT2D eigenvalue weighted by atomic mass is 9.77. The highest BCUT2D eigenvalue weighted by atomic mass is 32.2. The van der Waals surface area contributed by atoms with Crippen molar-refractivity contribution in [1.82, 2.24) is 4.72 Å². The van der Waals surface area contributed by atoms with E-state index in [0.29, 0.717) is 6.42 Å². The first-order valence-corrected chi connectivity index (χ1v) is 12.8. The van der Waals surface area contributed by atoms with Gasteiger partial charge in [0.15, 0.2) is 0 Å². The van der Waals surface area contributed by atoms with Crippen LogP contribution in [0.5, 0.6) is 0 Å². The van der Waals surface area contributed by atoms with Gasteiger partial charge in [0.1, 0.15) is 0 Å². The monoisotopic (exact) mass is 447 g/mol. The van der Waals surface area contributed by atoms with Gasteiger partial charge in [-0.1, -0.05) is 66.2 Å². The normalized spacial score (nSPS) is 23.4. The van der Waals surface area contributed by atoms with E-state index in [2.05, 4.69) is 53.3 Å². The van der Waals surface area contributed by atoms with Crippen LogP contribution in [-0.4, -0.2) is 25.7 Å². The van der Waals surface area contributed by atoms with Gasteiger partial charge in [-0.3, -0.25) is 0 Å². The number of aliphatic hydroxyl groups excluding tert-OH is 1. The highest BCUT2D eigenvalue weighted by molar-refractivity contribution is 7.89. The minimum absolute atomic E-state index is 0.0406. The molecular weight excluding hydrogens is 418 g/mol. The molecule has 0 aromatic heterocycles. The summed E-state index contributed by atoms with van der Waals surface area (Å²) < 4.78 is 28.7. The Morgan fingerprint density at radius 1 is 0.812 bits per heavy atom. The summed E-state index contributed by atoms with van der Waals surface area (Å²) in [6.07, 6.45) is 2.61. The van der Waals surface area contributed by atoms with Crippen molar-refractivity contribution in [3.05, 3.63) is 101 Å². The summed E-state index contributed by atoms with van der Waals surface area (Å²) >= 11 is 0. The minimum Gasteiger partial charge on any atom is -0.391 e. The van der Waals surface area contributed by atoms with Crippen LogP contribution in [0.2, 0.25) is 0 Å². The van der Waals surface area contributed by atoms with E-state index < -0.39 is 22.2 Å². The summed E-state index contributed by atoms with van der Waals surface area (Å²) in [6, 6.07) is 23.4. The van der Waals surface area contributed by atoms with Crippen LogP contribution in [0.3, 0.4) is 0 Å². The molecule has 0 bridgehead atoms. The first kappa shape index (κ1) is 21.4. The van der Waals surface area contributed by atoms with E-state index in [9.17, 15) is 13.5 Å². The molecule has 32 heavy (non-hydrogen) atoms. The van der Waals surface area contributed by atoms with Gasteiger partial charge < -0.3 is 5.11 Å². The fourth-order valence-corrected chi connectivity index (χ4v) is 6.80. The van der Waals surface area contributed by atoms with E-state index in [4.69, 9.17) is 0 Å². The van der Waals surface area contributed by atoms with Gasteiger partial charge in [-0.2, -0.15) is 0 Å². The lowest BCUT2D eigenvalue weighted by molar-refractivity contribution is 0.105. The van der Waals surface area contributed by atoms with Crippen molar-refractivity contribution in [2.75, 3.05) is 0 Å². The zero-order chi connectivity index (χ0) is 22.3. The van der Waals surface area contributed by atoms with Gasteiger partial charge in [0.05, 0.1) is 11.0 Å². The van der Waals surface area contributed by atoms with Crippen molar-refractivity contribution in [3.8, 4) is 0 Å². The number of nitrogens with one attached hydrogen (secondary N) is 1. The Kier molecular flexibility index (Phi) is 5.66. The lowest BCUT2D eigenvalue weighted by Crippen LogP contribution is -2.42. The second-order valence-electron chi connectivity index (χ2n) is 9.15. The van der Waals surface area contributed by atoms with Crippen LogP contribution in [0.25, 0.3) is 0 Å². The van der Waals surface area contributed by atoms with Crippen molar-refractivity contribution in [2.24, 2.45) is 5.92 Å². The van der Waals surface area contributed by atoms with Crippen molar-refractivity contribution >= 4 is 10.0 Å². The Hall–Kier alpha value is -2.47. The smallest absolute Gasteiger partial charge is 0.240 e. The molecule has 5 heteroatoms. The maximum absolute atomic E-state index is 13.0. The summed E-state index contributed by atoms with van der Waals surface area (Å²) in [6.45, 7) is 1.93. The molecule has 3 aromatic rings. The quantitative estimate of drug-likeness (QED) is 0.625. The molecule has 0 saturated heterocycles. The van der Waals surface area contributed by atoms with E-state index in [1.807, 2.05) is 6.92 Å². The molecule has 1 unspecified atom stereocenters. The fourth-order valence-electron chi connectivity index (χ4n) is 5.52. The largest absolute Gasteiger partial charge is 0.391 e. The van der Waals surface area contributed by atoms with Gasteiger partial charge in [-0.25, -0.2) is 13.1 Å². The van der Waals surface area contributed by atoms with Gasteiger partial charge in [0.25, 0.3) is 0 Å². The molecule has 0 aliphatic heterocycles. The van der Waals surface area contributed by atoms with E-state index in [-0.39, 0.29) is 16.7 Å². The standard InChI is InChI=1S/C27H29NO3S/c1-18-10-14-21(15-11-18)32(30,31)28-25-17-16-24(27(25)29)26-22-8-4-2-6-19(22)12-13-20-7-3-5-9-23(20)26/h2-11,14-15,24-29H,12-13,16-17H2,1H3/t24?,25-,27-/m1/s1. The number of fused-ring (bicyclic) bond motifs is 2. The molecule has 2 aliphatic rings. The summed E-state index contributed by atoms with van der Waals surface area (Å²) in [5.41, 5.74) is 6.19. The Labute approximate surface area is 190 Å². The molecule has 166 valence electrons. The summed E-state index contributed by atoms with van der Waals surface area (Å²) in [5, 5.41) is 11.4. The Morgan fingerprint density at radius 3 is 1.97 bits per heavy atom. The Balaban J connectivity index is 1.46. The van der Waals surface area contributed by atoms with Crippen molar-refractivity contribution in [2.45, 2.75) is 55.6 Å². The molecule has 0 amide bonds. The van der Waals surface area contributed by atoms with E-state index in [1.54, 1.807) is 24.3 Å². The zero-order valence-corrected chi connectivity index (χ0v) is 19.1. The van der Waals surface area contributed by atoms with Crippen LogP contribution >= 0.6 is 0 Å². The van der Waals surface area contributed by atoms with Crippen LogP contribution in [0.1, 0.15) is 46.6 Å². The highest BCUT2D eigenvalue weighted by Crippen LogP contribution is 2.45. The minimum atomic E-state index is -3.69. The molecule has 1 saturated carbocycles. The molecule has 2 N–H and O–H groups in total. The van der Waals surface area contributed by atoms with Gasteiger partial charge >= 0.3 is 0 Å². The van der Waals surface area contributed by atoms with Crippen LogP contribution in [0.15, 0.2) is 77.7 Å². The molecule has 0 spiro atoms. The zero-order valence-electron chi connectivity index (χ0n) is 18.2. The second kappa shape index (κ2) is 8.47. The molecule has 2 aliphatic carbocycles. The maximum Gasteiger partial charge on any atom is 0.240 e. The third-order valence-electron chi connectivity index (χ3n) is 7.17. The molecule has 3 atom stereocenters. The maximum atomic E-state index is 13.0. The van der Waals surface area contributed by atoms with Crippen molar-refractivity contribution in [3.63, 3.8) is 0 Å². The van der Waals surface area contributed by atoms with Gasteiger partial charge in [0.2, 0.25) is 10.0 Å². The second-order valence-corrected chi connectivity index (χ2v) is 10.9. The van der Waals surface area contributed by atoms with Gasteiger partial charge in [-0.05, 0) is 72.9 Å². The SMILES string of the molecule is Cc1ccc(S(=O)(=O)N[C@@H]2CCC(C3c4ccccc4CCc4ccccc43)[C@H]2O)cc1. The molecule has 0 heterocycles. The Morgan fingerprint density at radius 2 is 1.38 bits per heavy atom. The third kappa shape index (κ3) is 3.90. The number of benzene rings is 3. The highest BCUT2D eigenvalue weighted by Gasteiger charge is 2.43. The van der Waals surface area contributed by atoms with Crippen LogP contribution in [0.4, 0.5) is 0 Å². The summed E-state index contributed by atoms with van der Waals surface area (Å²) in [7, 11) is -3.69. The summed E-state index contributed by atoms with van der Waals surface area (Å²) in [5.74, 6) is 0.0231. The lowest BCUT2D eigenvalue weighted by Gasteiger charge is -2.30.